The molecule has 2 aromatic rings. The van der Waals surface area contributed by atoms with E-state index in [1.807, 2.05) is 42.2 Å². The van der Waals surface area contributed by atoms with Crippen molar-refractivity contribution in [2.45, 2.75) is 57.5 Å². The second-order valence-corrected chi connectivity index (χ2v) is 12.5. The molecule has 4 bridgehead atoms. The van der Waals surface area contributed by atoms with Crippen LogP contribution in [0.15, 0.2) is 30.3 Å². The molecule has 1 aliphatic heterocycles. The molecule has 7 heteroatoms. The van der Waals surface area contributed by atoms with Crippen molar-refractivity contribution in [1.82, 2.24) is 4.90 Å². The standard InChI is InChI=1S/C28H34N2O4S/c1-18-23(26(32)30-7-9-34-10-8-30)25(35-24(18)21-5-3-2-4-6-21)29-22(31)16-27-12-19-11-20(13-27)15-28(33,14-19)17-27/h2-6,19-20,33H,7-17H2,1H3,(H,29,31)/t19-,20-,27?,28?/m1/s1. The summed E-state index contributed by atoms with van der Waals surface area (Å²) >= 11 is 1.49. The Bertz CT molecular complexity index is 1120. The maximum absolute atomic E-state index is 13.6. The Balaban J connectivity index is 1.28. The summed E-state index contributed by atoms with van der Waals surface area (Å²) in [4.78, 5) is 29.9. The van der Waals surface area contributed by atoms with Crippen molar-refractivity contribution >= 4 is 28.2 Å². The van der Waals surface area contributed by atoms with E-state index < -0.39 is 5.60 Å². The molecule has 6 nitrogen and oxygen atoms in total. The highest BCUT2D eigenvalue weighted by atomic mass is 32.1. The number of carbonyl (C=O) groups excluding carboxylic acids is 2. The lowest BCUT2D eigenvalue weighted by molar-refractivity contribution is -0.167. The third-order valence-corrected chi connectivity index (χ3v) is 9.89. The molecule has 1 saturated heterocycles. The van der Waals surface area contributed by atoms with E-state index in [1.165, 1.54) is 17.8 Å². The van der Waals surface area contributed by atoms with Crippen LogP contribution in [0.1, 0.15) is 60.9 Å². The highest BCUT2D eigenvalue weighted by molar-refractivity contribution is 7.20. The van der Waals surface area contributed by atoms with Crippen molar-refractivity contribution in [3.05, 3.63) is 41.5 Å². The lowest BCUT2D eigenvalue weighted by atomic mass is 9.47. The first-order chi connectivity index (χ1) is 16.8. The molecule has 2 atom stereocenters. The largest absolute Gasteiger partial charge is 0.390 e. The van der Waals surface area contributed by atoms with E-state index in [0.717, 1.165) is 48.1 Å². The first-order valence-electron chi connectivity index (χ1n) is 12.9. The number of rotatable bonds is 5. The lowest BCUT2D eigenvalue weighted by Gasteiger charge is -2.60. The summed E-state index contributed by atoms with van der Waals surface area (Å²) in [6, 6.07) is 10.1. The minimum Gasteiger partial charge on any atom is -0.390 e. The van der Waals surface area contributed by atoms with Gasteiger partial charge in [0, 0.05) is 24.4 Å². The van der Waals surface area contributed by atoms with Gasteiger partial charge in [-0.15, -0.1) is 11.3 Å². The van der Waals surface area contributed by atoms with Gasteiger partial charge >= 0.3 is 0 Å². The van der Waals surface area contributed by atoms with Crippen LogP contribution in [0.3, 0.4) is 0 Å². The van der Waals surface area contributed by atoms with E-state index in [-0.39, 0.29) is 17.2 Å². The molecule has 35 heavy (non-hydrogen) atoms. The van der Waals surface area contributed by atoms with E-state index >= 15 is 0 Å². The van der Waals surface area contributed by atoms with Gasteiger partial charge in [0.25, 0.3) is 5.91 Å². The van der Waals surface area contributed by atoms with Crippen LogP contribution in [-0.4, -0.2) is 53.7 Å². The summed E-state index contributed by atoms with van der Waals surface area (Å²) < 4.78 is 5.45. The summed E-state index contributed by atoms with van der Waals surface area (Å²) in [5, 5.41) is 14.9. The van der Waals surface area contributed by atoms with Crippen LogP contribution < -0.4 is 5.32 Å². The molecule has 2 heterocycles. The average Bonchev–Trinajstić information content (AvgIpc) is 3.13. The molecule has 0 unspecified atom stereocenters. The van der Waals surface area contributed by atoms with Gasteiger partial charge < -0.3 is 20.1 Å². The molecule has 5 aliphatic rings. The van der Waals surface area contributed by atoms with Crippen molar-refractivity contribution in [1.29, 1.82) is 0 Å². The van der Waals surface area contributed by atoms with Gasteiger partial charge in [0.05, 0.1) is 24.4 Å². The fourth-order valence-corrected chi connectivity index (χ4v) is 8.99. The van der Waals surface area contributed by atoms with Crippen molar-refractivity contribution in [2.75, 3.05) is 31.6 Å². The van der Waals surface area contributed by atoms with E-state index in [2.05, 4.69) is 5.32 Å². The second kappa shape index (κ2) is 8.71. The van der Waals surface area contributed by atoms with Gasteiger partial charge in [-0.05, 0) is 73.8 Å². The Hall–Kier alpha value is -2.22. The number of hydrogen-bond acceptors (Lipinski definition) is 5. The summed E-state index contributed by atoms with van der Waals surface area (Å²) in [7, 11) is 0. The molecule has 2 N–H and O–H groups in total. The molecule has 0 spiro atoms. The highest BCUT2D eigenvalue weighted by Gasteiger charge is 2.57. The third kappa shape index (κ3) is 4.32. The van der Waals surface area contributed by atoms with Crippen molar-refractivity contribution in [2.24, 2.45) is 17.3 Å². The van der Waals surface area contributed by atoms with Crippen LogP contribution in [0.5, 0.6) is 0 Å². The first-order valence-corrected chi connectivity index (χ1v) is 13.7. The second-order valence-electron chi connectivity index (χ2n) is 11.4. The maximum atomic E-state index is 13.6. The van der Waals surface area contributed by atoms with Crippen LogP contribution in [0.25, 0.3) is 10.4 Å². The zero-order chi connectivity index (χ0) is 24.2. The van der Waals surface area contributed by atoms with Gasteiger partial charge in [-0.1, -0.05) is 30.3 Å². The van der Waals surface area contributed by atoms with Crippen molar-refractivity contribution in [3.63, 3.8) is 0 Å². The average molecular weight is 495 g/mol. The molecule has 1 aromatic heterocycles. The van der Waals surface area contributed by atoms with E-state index in [4.69, 9.17) is 4.74 Å². The minimum absolute atomic E-state index is 0.0348. The molecule has 186 valence electrons. The van der Waals surface area contributed by atoms with Gasteiger partial charge in [-0.25, -0.2) is 0 Å². The minimum atomic E-state index is -0.582. The van der Waals surface area contributed by atoms with E-state index in [1.54, 1.807) is 0 Å². The number of aliphatic hydroxyl groups is 1. The topological polar surface area (TPSA) is 78.9 Å². The van der Waals surface area contributed by atoms with Gasteiger partial charge in [0.15, 0.2) is 0 Å². The number of amides is 2. The molecule has 2 amide bonds. The van der Waals surface area contributed by atoms with Crippen LogP contribution in [0, 0.1) is 24.2 Å². The lowest BCUT2D eigenvalue weighted by Crippen LogP contribution is -2.56. The quantitative estimate of drug-likeness (QED) is 0.623. The molecule has 5 fully saturated rings. The monoisotopic (exact) mass is 494 g/mol. The van der Waals surface area contributed by atoms with Crippen molar-refractivity contribution < 1.29 is 19.4 Å². The van der Waals surface area contributed by atoms with Crippen molar-refractivity contribution in [3.8, 4) is 10.4 Å². The zero-order valence-corrected chi connectivity index (χ0v) is 21.2. The Morgan fingerprint density at radius 3 is 2.46 bits per heavy atom. The van der Waals surface area contributed by atoms with Gasteiger partial charge in [-0.3, -0.25) is 9.59 Å². The SMILES string of the molecule is Cc1c(-c2ccccc2)sc(NC(=O)CC23C[C@H]4C[C@@H](CC(O)(C4)C2)C3)c1C(=O)N1CCOCC1. The van der Waals surface area contributed by atoms with Gasteiger partial charge in [0.1, 0.15) is 5.00 Å². The molecule has 0 radical (unpaired) electrons. The van der Waals surface area contributed by atoms with Crippen LogP contribution in [0.4, 0.5) is 5.00 Å². The summed E-state index contributed by atoms with van der Waals surface area (Å²) in [6.07, 6.45) is 6.23. The number of benzene rings is 1. The molecular formula is C28H34N2O4S. The van der Waals surface area contributed by atoms with Crippen LogP contribution >= 0.6 is 11.3 Å². The Kier molecular flexibility index (Phi) is 5.78. The number of anilines is 1. The molecule has 4 saturated carbocycles. The van der Waals surface area contributed by atoms with Gasteiger partial charge in [-0.2, -0.15) is 0 Å². The van der Waals surface area contributed by atoms with E-state index in [0.29, 0.717) is 55.1 Å². The third-order valence-electron chi connectivity index (χ3n) is 8.63. The number of thiophene rings is 1. The molecule has 7 rings (SSSR count). The fourth-order valence-electron chi connectivity index (χ4n) is 7.77. The maximum Gasteiger partial charge on any atom is 0.257 e. The molecule has 1 aromatic carbocycles. The summed E-state index contributed by atoms with van der Waals surface area (Å²) in [5.41, 5.74) is 1.88. The fraction of sp³-hybridized carbons (Fsp3) is 0.571. The zero-order valence-electron chi connectivity index (χ0n) is 20.3. The molecule has 4 aliphatic carbocycles. The number of carbonyl (C=O) groups is 2. The summed E-state index contributed by atoms with van der Waals surface area (Å²) in [6.45, 7) is 4.18. The summed E-state index contributed by atoms with van der Waals surface area (Å²) in [5.74, 6) is 1.01. The van der Waals surface area contributed by atoms with E-state index in [9.17, 15) is 14.7 Å². The normalized spacial score (nSPS) is 31.5. The highest BCUT2D eigenvalue weighted by Crippen LogP contribution is 2.62. The number of morpholine rings is 1. The smallest absolute Gasteiger partial charge is 0.257 e. The van der Waals surface area contributed by atoms with Crippen LogP contribution in [-0.2, 0) is 9.53 Å². The first kappa shape index (κ1) is 23.2. The van der Waals surface area contributed by atoms with Crippen LogP contribution in [0.2, 0.25) is 0 Å². The number of hydrogen-bond donors (Lipinski definition) is 2. The number of ether oxygens (including phenoxy) is 1. The Morgan fingerprint density at radius 1 is 1.11 bits per heavy atom. The Labute approximate surface area is 210 Å². The Morgan fingerprint density at radius 2 is 1.80 bits per heavy atom. The van der Waals surface area contributed by atoms with Gasteiger partial charge in [0.2, 0.25) is 5.91 Å². The molecular weight excluding hydrogens is 460 g/mol. The predicted octanol–water partition coefficient (Wildman–Crippen LogP) is 4.86. The number of nitrogens with one attached hydrogen (secondary N) is 1. The number of nitrogens with zero attached hydrogens (tertiary/aromatic N) is 1. The predicted molar refractivity (Wildman–Crippen MR) is 137 cm³/mol.